The number of anilines is 1. The summed E-state index contributed by atoms with van der Waals surface area (Å²) >= 11 is 12.5. The molecule has 1 aliphatic rings. The van der Waals surface area contributed by atoms with Gasteiger partial charge in [-0.2, -0.15) is 5.10 Å². The smallest absolute Gasteiger partial charge is 0.305 e. The van der Waals surface area contributed by atoms with Crippen molar-refractivity contribution < 1.29 is 14.6 Å². The average molecular weight is 436 g/mol. The Hall–Kier alpha value is -2.42. The molecule has 10 heteroatoms. The summed E-state index contributed by atoms with van der Waals surface area (Å²) < 4.78 is 7.26. The molecule has 1 aromatic carbocycles. The number of rotatable bonds is 7. The van der Waals surface area contributed by atoms with Crippen molar-refractivity contribution in [1.29, 1.82) is 0 Å². The van der Waals surface area contributed by atoms with Crippen molar-refractivity contribution in [2.24, 2.45) is 0 Å². The van der Waals surface area contributed by atoms with Crippen LogP contribution < -0.4 is 4.90 Å². The predicted octanol–water partition coefficient (Wildman–Crippen LogP) is 3.58. The maximum atomic E-state index is 10.7. The van der Waals surface area contributed by atoms with Gasteiger partial charge in [0.25, 0.3) is 0 Å². The molecule has 0 spiro atoms. The monoisotopic (exact) mass is 435 g/mol. The van der Waals surface area contributed by atoms with Gasteiger partial charge in [-0.15, -0.1) is 0 Å². The lowest BCUT2D eigenvalue weighted by molar-refractivity contribution is -0.138. The number of benzene rings is 1. The highest BCUT2D eigenvalue weighted by molar-refractivity contribution is 6.42. The number of pyridine rings is 1. The van der Waals surface area contributed by atoms with Gasteiger partial charge >= 0.3 is 5.97 Å². The molecule has 8 nitrogen and oxygen atoms in total. The van der Waals surface area contributed by atoms with Crippen LogP contribution in [-0.2, 0) is 9.53 Å². The quantitative estimate of drug-likeness (QED) is 0.566. The van der Waals surface area contributed by atoms with Crippen molar-refractivity contribution in [3.8, 4) is 5.69 Å². The van der Waals surface area contributed by atoms with Crippen molar-refractivity contribution in [2.45, 2.75) is 25.3 Å². The lowest BCUT2D eigenvalue weighted by atomic mass is 10.1. The second kappa shape index (κ2) is 8.52. The third-order valence-electron chi connectivity index (χ3n) is 4.92. The molecule has 29 heavy (non-hydrogen) atoms. The first-order valence-corrected chi connectivity index (χ1v) is 9.99. The number of ether oxygens (including phenoxy) is 1. The molecule has 3 aromatic rings. The van der Waals surface area contributed by atoms with E-state index in [1.54, 1.807) is 23.1 Å². The highest BCUT2D eigenvalue weighted by atomic mass is 35.5. The molecule has 1 saturated heterocycles. The molecule has 0 aliphatic carbocycles. The fourth-order valence-electron chi connectivity index (χ4n) is 3.55. The van der Waals surface area contributed by atoms with Gasteiger partial charge in [-0.25, -0.2) is 14.6 Å². The number of fused-ring (bicyclic) bond motifs is 1. The molecule has 1 aliphatic heterocycles. The molecule has 0 saturated carbocycles. The van der Waals surface area contributed by atoms with Crippen LogP contribution in [0.2, 0.25) is 10.0 Å². The van der Waals surface area contributed by atoms with Crippen molar-refractivity contribution in [1.82, 2.24) is 19.7 Å². The average Bonchev–Trinajstić information content (AvgIpc) is 3.37. The standard InChI is InChI=1S/C19H19Cl2N5O3/c20-14-6-13-16(7-15(14)21)24-18(8-17(13)26-11-22-10-23-26)25-4-1-2-12(25)9-29-5-3-19(27)28/h6-8,10-12H,1-5,9H2,(H,27,28)/t12-/m0/s1. The first-order chi connectivity index (χ1) is 14.0. The van der Waals surface area contributed by atoms with Crippen molar-refractivity contribution >= 4 is 45.9 Å². The number of carboxylic acids is 1. The van der Waals surface area contributed by atoms with Crippen molar-refractivity contribution in [3.63, 3.8) is 0 Å². The molecule has 0 amide bonds. The van der Waals surface area contributed by atoms with Crippen molar-refractivity contribution in [2.75, 3.05) is 24.7 Å². The molecule has 1 N–H and O–H groups in total. The van der Waals surface area contributed by atoms with Gasteiger partial charge in [0, 0.05) is 18.0 Å². The second-order valence-corrected chi connectivity index (χ2v) is 7.65. The number of carboxylic acid groups (broad SMARTS) is 1. The van der Waals surface area contributed by atoms with E-state index < -0.39 is 5.97 Å². The van der Waals surface area contributed by atoms with Crippen LogP contribution in [0.25, 0.3) is 16.6 Å². The molecule has 152 valence electrons. The Morgan fingerprint density at radius 2 is 2.10 bits per heavy atom. The van der Waals surface area contributed by atoms with E-state index in [0.717, 1.165) is 36.3 Å². The zero-order valence-electron chi connectivity index (χ0n) is 15.5. The topological polar surface area (TPSA) is 93.4 Å². The molecular weight excluding hydrogens is 417 g/mol. The third kappa shape index (κ3) is 4.29. The van der Waals surface area contributed by atoms with Crippen LogP contribution in [0.15, 0.2) is 30.9 Å². The normalized spacial score (nSPS) is 16.6. The van der Waals surface area contributed by atoms with E-state index in [9.17, 15) is 4.79 Å². The SMILES string of the molecule is O=C(O)CCOC[C@@H]1CCCN1c1cc(-n2cncn2)c2cc(Cl)c(Cl)cc2n1. The summed E-state index contributed by atoms with van der Waals surface area (Å²) in [5.41, 5.74) is 1.51. The van der Waals surface area contributed by atoms with Gasteiger partial charge in [0.05, 0.1) is 46.9 Å². The maximum absolute atomic E-state index is 10.7. The van der Waals surface area contributed by atoms with Crippen LogP contribution in [0.1, 0.15) is 19.3 Å². The summed E-state index contributed by atoms with van der Waals surface area (Å²) in [6.07, 6.45) is 5.05. The number of hydrogen-bond acceptors (Lipinski definition) is 6. The number of carbonyl (C=O) groups is 1. The van der Waals surface area contributed by atoms with E-state index in [1.165, 1.54) is 6.33 Å². The fourth-order valence-corrected chi connectivity index (χ4v) is 3.87. The predicted molar refractivity (Wildman–Crippen MR) is 110 cm³/mol. The highest BCUT2D eigenvalue weighted by Crippen LogP contribution is 2.34. The molecule has 0 radical (unpaired) electrons. The fraction of sp³-hybridized carbons (Fsp3) is 0.368. The maximum Gasteiger partial charge on any atom is 0.305 e. The van der Waals surface area contributed by atoms with Gasteiger partial charge in [-0.3, -0.25) is 4.79 Å². The Bertz CT molecular complexity index is 1030. The third-order valence-corrected chi connectivity index (χ3v) is 5.65. The minimum Gasteiger partial charge on any atom is -0.481 e. The lowest BCUT2D eigenvalue weighted by Crippen LogP contribution is -2.34. The Balaban J connectivity index is 1.68. The molecule has 1 fully saturated rings. The molecule has 0 bridgehead atoms. The zero-order valence-corrected chi connectivity index (χ0v) is 17.0. The molecule has 2 aromatic heterocycles. The van der Waals surface area contributed by atoms with Crippen LogP contribution in [0.4, 0.5) is 5.82 Å². The number of halogens is 2. The number of aliphatic carboxylic acids is 1. The lowest BCUT2D eigenvalue weighted by Gasteiger charge is -2.26. The summed E-state index contributed by atoms with van der Waals surface area (Å²) in [5, 5.41) is 14.7. The Morgan fingerprint density at radius 3 is 2.86 bits per heavy atom. The minimum atomic E-state index is -0.863. The Morgan fingerprint density at radius 1 is 1.28 bits per heavy atom. The molecular formula is C19H19Cl2N5O3. The first kappa shape index (κ1) is 19.9. The van der Waals surface area contributed by atoms with E-state index in [2.05, 4.69) is 15.0 Å². The number of hydrogen-bond donors (Lipinski definition) is 1. The van der Waals surface area contributed by atoms with Gasteiger partial charge in [-0.1, -0.05) is 23.2 Å². The Labute approximate surface area is 177 Å². The van der Waals surface area contributed by atoms with Gasteiger partial charge in [0.15, 0.2) is 0 Å². The summed E-state index contributed by atoms with van der Waals surface area (Å²) in [6, 6.07) is 5.61. The summed E-state index contributed by atoms with van der Waals surface area (Å²) in [4.78, 5) is 21.7. The van der Waals surface area contributed by atoms with E-state index in [1.807, 2.05) is 6.07 Å². The summed E-state index contributed by atoms with van der Waals surface area (Å²) in [5.74, 6) is -0.0804. The van der Waals surface area contributed by atoms with E-state index in [0.29, 0.717) is 22.2 Å². The zero-order chi connectivity index (χ0) is 20.4. The largest absolute Gasteiger partial charge is 0.481 e. The van der Waals surface area contributed by atoms with Crippen LogP contribution in [-0.4, -0.2) is 56.6 Å². The molecule has 4 rings (SSSR count). The number of aromatic nitrogens is 4. The molecule has 0 unspecified atom stereocenters. The van der Waals surface area contributed by atoms with Gasteiger partial charge in [-0.05, 0) is 25.0 Å². The molecule has 1 atom stereocenters. The highest BCUT2D eigenvalue weighted by Gasteiger charge is 2.27. The summed E-state index contributed by atoms with van der Waals surface area (Å²) in [6.45, 7) is 1.49. The van der Waals surface area contributed by atoms with Gasteiger partial charge in [0.2, 0.25) is 0 Å². The molecule has 3 heterocycles. The first-order valence-electron chi connectivity index (χ1n) is 9.24. The van der Waals surface area contributed by atoms with Crippen LogP contribution in [0.3, 0.4) is 0 Å². The van der Waals surface area contributed by atoms with E-state index >= 15 is 0 Å². The van der Waals surface area contributed by atoms with Crippen LogP contribution in [0.5, 0.6) is 0 Å². The Kier molecular flexibility index (Phi) is 5.84. The summed E-state index contributed by atoms with van der Waals surface area (Å²) in [7, 11) is 0. The van der Waals surface area contributed by atoms with Crippen LogP contribution in [0, 0.1) is 0 Å². The second-order valence-electron chi connectivity index (χ2n) is 6.83. The number of nitrogens with zero attached hydrogens (tertiary/aromatic N) is 5. The minimum absolute atomic E-state index is 0.00332. The van der Waals surface area contributed by atoms with E-state index in [4.69, 9.17) is 38.0 Å². The van der Waals surface area contributed by atoms with E-state index in [-0.39, 0.29) is 19.1 Å². The van der Waals surface area contributed by atoms with Gasteiger partial charge < -0.3 is 14.7 Å². The van der Waals surface area contributed by atoms with Crippen LogP contribution >= 0.6 is 23.2 Å². The van der Waals surface area contributed by atoms with Crippen molar-refractivity contribution in [3.05, 3.63) is 40.9 Å². The van der Waals surface area contributed by atoms with Gasteiger partial charge in [0.1, 0.15) is 18.5 Å².